The molecule has 0 radical (unpaired) electrons. The Morgan fingerprint density at radius 3 is 1.51 bits per heavy atom. The van der Waals surface area contributed by atoms with E-state index < -0.39 is 61.3 Å². The van der Waals surface area contributed by atoms with E-state index >= 15 is 0 Å². The zero-order valence-corrected chi connectivity index (χ0v) is 25.7. The second-order valence-corrected chi connectivity index (χ2v) is 11.3. The molecule has 4 atom stereocenters. The van der Waals surface area contributed by atoms with Crippen molar-refractivity contribution in [3.8, 4) is 0 Å². The van der Waals surface area contributed by atoms with Crippen LogP contribution in [0.25, 0.3) is 0 Å². The van der Waals surface area contributed by atoms with Crippen LogP contribution in [0.1, 0.15) is 69.2 Å². The highest BCUT2D eigenvalue weighted by molar-refractivity contribution is 5.80. The average Bonchev–Trinajstić information content (AvgIpc) is 3.01. The highest BCUT2D eigenvalue weighted by Crippen LogP contribution is 2.19. The molecule has 0 saturated carbocycles. The summed E-state index contributed by atoms with van der Waals surface area (Å²) in [7, 11) is 0. The first kappa shape index (κ1) is 38.0. The summed E-state index contributed by atoms with van der Waals surface area (Å²) in [5.41, 5.74) is 1.36. The fraction of sp³-hybridized carbons (Fsp3) is 0.700. The number of carbonyl (C=O) groups excluding carboxylic acids is 2. The number of nitrogens with one attached hydrogen (secondary N) is 2. The van der Waals surface area contributed by atoms with Gasteiger partial charge in [-0.05, 0) is 76.6 Å². The van der Waals surface area contributed by atoms with Crippen LogP contribution < -0.4 is 10.6 Å². The first-order valence-electron chi connectivity index (χ1n) is 15.6. The van der Waals surface area contributed by atoms with E-state index in [4.69, 9.17) is 15.2 Å². The summed E-state index contributed by atoms with van der Waals surface area (Å²) in [4.78, 5) is 56.4. The molecule has 15 heteroatoms. The number of hydrogen-bond donors (Lipinski definition) is 8. The number of aliphatic hydroxyl groups excluding tert-OH is 4. The smallest absolute Gasteiger partial charge is 0.320 e. The van der Waals surface area contributed by atoms with Crippen molar-refractivity contribution in [3.63, 3.8) is 0 Å². The van der Waals surface area contributed by atoms with E-state index in [0.29, 0.717) is 88.9 Å². The lowest BCUT2D eigenvalue weighted by Crippen LogP contribution is -2.43. The second kappa shape index (κ2) is 20.7. The quantitative estimate of drug-likeness (QED) is 0.0907. The normalized spacial score (nSPS) is 17.6. The Kier molecular flexibility index (Phi) is 17.5. The lowest BCUT2D eigenvalue weighted by atomic mass is 10.0. The van der Waals surface area contributed by atoms with Gasteiger partial charge < -0.3 is 41.3 Å². The van der Waals surface area contributed by atoms with E-state index in [1.165, 1.54) is 0 Å². The van der Waals surface area contributed by atoms with Crippen molar-refractivity contribution in [1.29, 1.82) is 0 Å². The van der Waals surface area contributed by atoms with Crippen molar-refractivity contribution in [2.24, 2.45) is 0 Å². The van der Waals surface area contributed by atoms with E-state index in [1.807, 2.05) is 28.0 Å². The molecule has 254 valence electrons. The monoisotopic (exact) mass is 639 g/mol. The van der Waals surface area contributed by atoms with Gasteiger partial charge in [-0.1, -0.05) is 12.5 Å². The minimum Gasteiger partial charge on any atom is -0.480 e. The molecule has 2 heterocycles. The van der Waals surface area contributed by atoms with E-state index in [-0.39, 0.29) is 13.1 Å². The number of aliphatic carboxylic acids is 2. The lowest BCUT2D eigenvalue weighted by Gasteiger charge is -2.31. The van der Waals surface area contributed by atoms with Gasteiger partial charge in [-0.15, -0.1) is 0 Å². The molecule has 15 nitrogen and oxygen atoms in total. The van der Waals surface area contributed by atoms with Gasteiger partial charge in [0.1, 0.15) is 12.1 Å². The molecule has 0 spiro atoms. The van der Waals surface area contributed by atoms with Crippen molar-refractivity contribution in [1.82, 2.24) is 25.4 Å². The number of carbonyl (C=O) groups is 4. The molecule has 8 N–H and O–H groups in total. The third-order valence-electron chi connectivity index (χ3n) is 7.80. The Bertz CT molecular complexity index is 1000. The van der Waals surface area contributed by atoms with Crippen LogP contribution in [0, 0.1) is 0 Å². The van der Waals surface area contributed by atoms with Gasteiger partial charge in [-0.2, -0.15) is 0 Å². The number of rotatable bonds is 18. The van der Waals surface area contributed by atoms with Gasteiger partial charge in [0.25, 0.3) is 11.8 Å². The molecule has 1 aromatic heterocycles. The molecule has 4 unspecified atom stereocenters. The number of carboxylic acids is 2. The molecular formula is C30H49N5O10. The zero-order chi connectivity index (χ0) is 33.2. The molecular weight excluding hydrogens is 590 g/mol. The van der Waals surface area contributed by atoms with Crippen LogP contribution in [0.5, 0.6) is 0 Å². The summed E-state index contributed by atoms with van der Waals surface area (Å²) >= 11 is 0. The Morgan fingerprint density at radius 1 is 0.711 bits per heavy atom. The van der Waals surface area contributed by atoms with Crippen LogP contribution in [0.4, 0.5) is 0 Å². The van der Waals surface area contributed by atoms with Gasteiger partial charge in [0, 0.05) is 26.2 Å². The van der Waals surface area contributed by atoms with Gasteiger partial charge in [-0.3, -0.25) is 34.0 Å². The summed E-state index contributed by atoms with van der Waals surface area (Å²) < 4.78 is 0. The van der Waals surface area contributed by atoms with Gasteiger partial charge >= 0.3 is 11.9 Å². The Morgan fingerprint density at radius 2 is 1.13 bits per heavy atom. The Hall–Kier alpha value is -3.21. The maximum Gasteiger partial charge on any atom is 0.320 e. The first-order chi connectivity index (χ1) is 21.6. The van der Waals surface area contributed by atoms with Crippen LogP contribution >= 0.6 is 0 Å². The highest BCUT2D eigenvalue weighted by atomic mass is 16.4. The largest absolute Gasteiger partial charge is 0.480 e. The van der Waals surface area contributed by atoms with Crippen LogP contribution in [0.15, 0.2) is 18.2 Å². The van der Waals surface area contributed by atoms with Gasteiger partial charge in [0.2, 0.25) is 0 Å². The maximum absolute atomic E-state index is 12.3. The molecule has 1 aliphatic rings. The number of fused-ring (bicyclic) bond motifs is 2. The minimum atomic E-state index is -1.48. The number of aromatic nitrogens is 1. The van der Waals surface area contributed by atoms with Gasteiger partial charge in [0.05, 0.1) is 24.6 Å². The highest BCUT2D eigenvalue weighted by Gasteiger charge is 2.28. The fourth-order valence-corrected chi connectivity index (χ4v) is 5.29. The molecule has 2 amide bonds. The Labute approximate surface area is 263 Å². The fourth-order valence-electron chi connectivity index (χ4n) is 5.29. The van der Waals surface area contributed by atoms with Crippen LogP contribution in [0.2, 0.25) is 0 Å². The third-order valence-corrected chi connectivity index (χ3v) is 7.80. The number of amides is 2. The number of nitrogens with zero attached hydrogens (tertiary/aromatic N) is 3. The van der Waals surface area contributed by atoms with Crippen molar-refractivity contribution in [2.75, 3.05) is 39.4 Å². The predicted molar refractivity (Wildman–Crippen MR) is 162 cm³/mol. The molecule has 1 aliphatic heterocycles. The molecule has 0 fully saturated rings. The number of unbranched alkanes of at least 4 members (excludes halogenated alkanes) is 2. The number of carboxylic acid groups (broad SMARTS) is 2. The summed E-state index contributed by atoms with van der Waals surface area (Å²) in [5.74, 6) is -3.23. The van der Waals surface area contributed by atoms with E-state index in [0.717, 1.165) is 6.42 Å². The van der Waals surface area contributed by atoms with Crippen LogP contribution in [-0.4, -0.2) is 133 Å². The summed E-state index contributed by atoms with van der Waals surface area (Å²) in [6.07, 6.45) is 2.01. The first-order valence-corrected chi connectivity index (χ1v) is 15.6. The molecule has 2 rings (SSSR count). The lowest BCUT2D eigenvalue weighted by molar-refractivity contribution is -0.144. The van der Waals surface area contributed by atoms with Crippen molar-refractivity contribution in [3.05, 3.63) is 29.6 Å². The van der Waals surface area contributed by atoms with E-state index in [2.05, 4.69) is 10.6 Å². The van der Waals surface area contributed by atoms with Gasteiger partial charge in [-0.25, -0.2) is 0 Å². The van der Waals surface area contributed by atoms with Crippen molar-refractivity contribution in [2.45, 2.75) is 95.2 Å². The van der Waals surface area contributed by atoms with Crippen LogP contribution in [0.3, 0.4) is 0 Å². The SMILES string of the molecule is O=C(NCCCCC(C(=O)O)N1CCCCCN(C(CCCCNC(=O)C(O)CO)C(=O)O)Cc2cccc(n2)C1)C(O)CO. The van der Waals surface area contributed by atoms with E-state index in [9.17, 15) is 39.6 Å². The summed E-state index contributed by atoms with van der Waals surface area (Å²) in [6.45, 7) is 0.820. The molecule has 0 aromatic carbocycles. The van der Waals surface area contributed by atoms with Crippen molar-refractivity contribution < 1.29 is 49.8 Å². The third kappa shape index (κ3) is 13.8. The molecule has 2 bridgehead atoms. The molecule has 45 heavy (non-hydrogen) atoms. The number of aliphatic hydroxyl groups is 4. The molecule has 1 aromatic rings. The Balaban J connectivity index is 2.03. The topological polar surface area (TPSA) is 233 Å². The summed E-state index contributed by atoms with van der Waals surface area (Å²) in [6, 6.07) is 3.95. The van der Waals surface area contributed by atoms with Crippen molar-refractivity contribution >= 4 is 23.8 Å². The minimum absolute atomic E-state index is 0.255. The van der Waals surface area contributed by atoms with Gasteiger partial charge in [0.15, 0.2) is 12.2 Å². The van der Waals surface area contributed by atoms with Crippen LogP contribution in [-0.2, 0) is 32.3 Å². The molecule has 0 aliphatic carbocycles. The molecule has 0 saturated heterocycles. The predicted octanol–water partition coefficient (Wildman–Crippen LogP) is -0.945. The zero-order valence-electron chi connectivity index (χ0n) is 25.7. The standard InChI is InChI=1S/C30H49N5O10/c36-19-25(38)27(40)31-13-4-2-11-23(29(42)43)34-15-6-1-7-16-35(18-22-10-8-9-21(17-34)33-22)24(30(44)45)12-3-5-14-32-28(41)26(39)20-37/h8-10,23-26,36-39H,1-7,11-20H2,(H,31,40)(H,32,41)(H,42,43)(H,44,45). The van der Waals surface area contributed by atoms with E-state index in [1.54, 1.807) is 0 Å². The maximum atomic E-state index is 12.3. The summed E-state index contributed by atoms with van der Waals surface area (Å²) in [5, 5.41) is 61.6. The number of hydrogen-bond acceptors (Lipinski definition) is 11. The number of pyridine rings is 1. The second-order valence-electron chi connectivity index (χ2n) is 11.3. The average molecular weight is 640 g/mol.